The Morgan fingerprint density at radius 2 is 1.83 bits per heavy atom. The van der Waals surface area contributed by atoms with Gasteiger partial charge in [-0.1, -0.05) is 23.7 Å². The Morgan fingerprint density at radius 1 is 1.08 bits per heavy atom. The first-order valence-electron chi connectivity index (χ1n) is 7.05. The Hall–Kier alpha value is -3.12. The van der Waals surface area contributed by atoms with Gasteiger partial charge in [-0.2, -0.15) is 5.10 Å². The molecule has 0 saturated carbocycles. The quantitative estimate of drug-likeness (QED) is 0.680. The zero-order valence-corrected chi connectivity index (χ0v) is 13.2. The van der Waals surface area contributed by atoms with Crippen molar-refractivity contribution in [3.8, 4) is 11.3 Å². The van der Waals surface area contributed by atoms with Crippen molar-refractivity contribution >= 4 is 29.1 Å². The second kappa shape index (κ2) is 6.55. The summed E-state index contributed by atoms with van der Waals surface area (Å²) in [6, 6.07) is 15.1. The predicted molar refractivity (Wildman–Crippen MR) is 91.9 cm³/mol. The van der Waals surface area contributed by atoms with Crippen LogP contribution < -0.4 is 11.1 Å². The molecule has 2 amide bonds. The van der Waals surface area contributed by atoms with Crippen LogP contribution in [0.1, 0.15) is 20.8 Å². The number of primary amides is 1. The normalized spacial score (nSPS) is 10.4. The fourth-order valence-electron chi connectivity index (χ4n) is 2.15. The van der Waals surface area contributed by atoms with Gasteiger partial charge in [-0.05, 0) is 42.5 Å². The van der Waals surface area contributed by atoms with E-state index < -0.39 is 5.91 Å². The number of nitrogens with one attached hydrogen (secondary N) is 2. The summed E-state index contributed by atoms with van der Waals surface area (Å²) >= 11 is 5.96. The molecule has 1 heterocycles. The van der Waals surface area contributed by atoms with E-state index in [0.29, 0.717) is 27.7 Å². The zero-order chi connectivity index (χ0) is 17.1. The average molecular weight is 341 g/mol. The van der Waals surface area contributed by atoms with Crippen molar-refractivity contribution in [2.75, 3.05) is 5.32 Å². The van der Waals surface area contributed by atoms with Gasteiger partial charge in [0.15, 0.2) is 0 Å². The van der Waals surface area contributed by atoms with E-state index in [-0.39, 0.29) is 5.91 Å². The van der Waals surface area contributed by atoms with Crippen LogP contribution in [0.4, 0.5) is 5.69 Å². The van der Waals surface area contributed by atoms with E-state index in [9.17, 15) is 9.59 Å². The van der Waals surface area contributed by atoms with Crippen molar-refractivity contribution in [3.05, 3.63) is 70.9 Å². The van der Waals surface area contributed by atoms with E-state index in [2.05, 4.69) is 15.5 Å². The highest BCUT2D eigenvalue weighted by Gasteiger charge is 2.12. The summed E-state index contributed by atoms with van der Waals surface area (Å²) < 4.78 is 0. The summed E-state index contributed by atoms with van der Waals surface area (Å²) in [5.74, 6) is -0.866. The highest BCUT2D eigenvalue weighted by atomic mass is 35.5. The standard InChI is InChI=1S/C17H13ClN4O2/c18-12-3-1-2-11(8-12)14-9-15(22-21-14)17(24)20-13-6-4-10(5-7-13)16(19)23/h1-9H,(H2,19,23)(H,20,24)(H,21,22). The molecule has 0 saturated heterocycles. The number of hydrogen-bond donors (Lipinski definition) is 3. The molecular formula is C17H13ClN4O2. The van der Waals surface area contributed by atoms with Gasteiger partial charge in [-0.3, -0.25) is 14.7 Å². The number of halogens is 1. The van der Waals surface area contributed by atoms with Crippen LogP contribution >= 0.6 is 11.6 Å². The molecule has 0 atom stereocenters. The highest BCUT2D eigenvalue weighted by Crippen LogP contribution is 2.21. The van der Waals surface area contributed by atoms with Crippen LogP contribution in [0.5, 0.6) is 0 Å². The van der Waals surface area contributed by atoms with E-state index in [4.69, 9.17) is 17.3 Å². The molecule has 0 aliphatic heterocycles. The van der Waals surface area contributed by atoms with E-state index in [1.807, 2.05) is 12.1 Å². The molecule has 4 N–H and O–H groups in total. The Bertz CT molecular complexity index is 903. The third kappa shape index (κ3) is 3.44. The predicted octanol–water partition coefficient (Wildman–Crippen LogP) is 3.08. The van der Waals surface area contributed by atoms with Crippen molar-refractivity contribution < 1.29 is 9.59 Å². The van der Waals surface area contributed by atoms with Crippen LogP contribution in [0.25, 0.3) is 11.3 Å². The number of nitrogens with zero attached hydrogens (tertiary/aromatic N) is 1. The van der Waals surface area contributed by atoms with Crippen molar-refractivity contribution in [2.24, 2.45) is 5.73 Å². The number of aromatic amines is 1. The van der Waals surface area contributed by atoms with Crippen LogP contribution in [0.3, 0.4) is 0 Å². The summed E-state index contributed by atoms with van der Waals surface area (Å²) in [6.07, 6.45) is 0. The number of carbonyl (C=O) groups excluding carboxylic acids is 2. The molecule has 2 aromatic carbocycles. The molecule has 7 heteroatoms. The van der Waals surface area contributed by atoms with Gasteiger partial charge >= 0.3 is 0 Å². The number of rotatable bonds is 4. The van der Waals surface area contributed by atoms with E-state index in [0.717, 1.165) is 5.56 Å². The lowest BCUT2D eigenvalue weighted by Crippen LogP contribution is -2.13. The molecule has 6 nitrogen and oxygen atoms in total. The molecule has 1 aromatic heterocycles. The number of nitrogens with two attached hydrogens (primary N) is 1. The Kier molecular flexibility index (Phi) is 4.31. The number of hydrogen-bond acceptors (Lipinski definition) is 3. The maximum Gasteiger partial charge on any atom is 0.273 e. The molecule has 120 valence electrons. The lowest BCUT2D eigenvalue weighted by atomic mass is 10.1. The smallest absolute Gasteiger partial charge is 0.273 e. The molecule has 0 unspecified atom stereocenters. The number of carbonyl (C=O) groups is 2. The van der Waals surface area contributed by atoms with Gasteiger partial charge in [-0.15, -0.1) is 0 Å². The minimum atomic E-state index is -0.521. The van der Waals surface area contributed by atoms with Gasteiger partial charge in [0.1, 0.15) is 5.69 Å². The molecular weight excluding hydrogens is 328 g/mol. The molecule has 3 aromatic rings. The van der Waals surface area contributed by atoms with Crippen molar-refractivity contribution in [1.82, 2.24) is 10.2 Å². The molecule has 0 aliphatic rings. The van der Waals surface area contributed by atoms with Gasteiger partial charge in [-0.25, -0.2) is 0 Å². The summed E-state index contributed by atoms with van der Waals surface area (Å²) in [6.45, 7) is 0. The summed E-state index contributed by atoms with van der Waals surface area (Å²) in [5, 5.41) is 10.1. The van der Waals surface area contributed by atoms with Gasteiger partial charge in [0.2, 0.25) is 5.91 Å². The van der Waals surface area contributed by atoms with Crippen molar-refractivity contribution in [3.63, 3.8) is 0 Å². The first-order chi connectivity index (χ1) is 11.5. The SMILES string of the molecule is NC(=O)c1ccc(NC(=O)c2cc(-c3cccc(Cl)c3)n[nH]2)cc1. The van der Waals surface area contributed by atoms with Crippen LogP contribution in [0, 0.1) is 0 Å². The summed E-state index contributed by atoms with van der Waals surface area (Å²) in [4.78, 5) is 23.3. The number of amides is 2. The molecule has 0 bridgehead atoms. The Balaban J connectivity index is 1.75. The topological polar surface area (TPSA) is 101 Å². The Morgan fingerprint density at radius 3 is 2.50 bits per heavy atom. The van der Waals surface area contributed by atoms with Crippen LogP contribution in [-0.2, 0) is 0 Å². The number of H-pyrrole nitrogens is 1. The molecule has 24 heavy (non-hydrogen) atoms. The van der Waals surface area contributed by atoms with Crippen LogP contribution in [0.2, 0.25) is 5.02 Å². The van der Waals surface area contributed by atoms with Crippen molar-refractivity contribution in [1.29, 1.82) is 0 Å². The summed E-state index contributed by atoms with van der Waals surface area (Å²) in [5.41, 5.74) is 7.83. The van der Waals surface area contributed by atoms with E-state index >= 15 is 0 Å². The average Bonchev–Trinajstić information content (AvgIpc) is 3.05. The van der Waals surface area contributed by atoms with Gasteiger partial charge in [0, 0.05) is 21.8 Å². The van der Waals surface area contributed by atoms with E-state index in [1.54, 1.807) is 42.5 Å². The highest BCUT2D eigenvalue weighted by molar-refractivity contribution is 6.30. The second-order valence-electron chi connectivity index (χ2n) is 5.07. The maximum absolute atomic E-state index is 12.2. The lowest BCUT2D eigenvalue weighted by molar-refractivity contribution is 0.0998. The molecule has 3 rings (SSSR count). The van der Waals surface area contributed by atoms with E-state index in [1.165, 1.54) is 0 Å². The first-order valence-corrected chi connectivity index (χ1v) is 7.43. The fourth-order valence-corrected chi connectivity index (χ4v) is 2.34. The maximum atomic E-state index is 12.2. The minimum absolute atomic E-state index is 0.309. The first kappa shape index (κ1) is 15.8. The monoisotopic (exact) mass is 340 g/mol. The van der Waals surface area contributed by atoms with Gasteiger partial charge < -0.3 is 11.1 Å². The van der Waals surface area contributed by atoms with Crippen molar-refractivity contribution in [2.45, 2.75) is 0 Å². The number of benzene rings is 2. The largest absolute Gasteiger partial charge is 0.366 e. The fraction of sp³-hybridized carbons (Fsp3) is 0. The molecule has 0 aliphatic carbocycles. The zero-order valence-electron chi connectivity index (χ0n) is 12.4. The third-order valence-electron chi connectivity index (χ3n) is 3.37. The molecule has 0 spiro atoms. The third-order valence-corrected chi connectivity index (χ3v) is 3.61. The summed E-state index contributed by atoms with van der Waals surface area (Å²) in [7, 11) is 0. The molecule has 0 radical (unpaired) electrons. The lowest BCUT2D eigenvalue weighted by Gasteiger charge is -2.03. The van der Waals surface area contributed by atoms with Gasteiger partial charge in [0.05, 0.1) is 5.69 Å². The molecule has 0 fully saturated rings. The second-order valence-corrected chi connectivity index (χ2v) is 5.51. The number of aromatic nitrogens is 2. The minimum Gasteiger partial charge on any atom is -0.366 e. The number of anilines is 1. The van der Waals surface area contributed by atoms with Crippen LogP contribution in [-0.4, -0.2) is 22.0 Å². The van der Waals surface area contributed by atoms with Crippen LogP contribution in [0.15, 0.2) is 54.6 Å². The Labute approximate surface area is 142 Å². The van der Waals surface area contributed by atoms with Gasteiger partial charge in [0.25, 0.3) is 5.91 Å².